The zero-order valence-corrected chi connectivity index (χ0v) is 7.02. The molecule has 0 fully saturated rings. The molecule has 1 atom stereocenters. The summed E-state index contributed by atoms with van der Waals surface area (Å²) in [4.78, 5) is 4.13. The minimum Gasteiger partial charge on any atom is -0.294 e. The minimum atomic E-state index is -0.322. The summed E-state index contributed by atoms with van der Waals surface area (Å²) in [5.41, 5.74) is 0.951. The number of nitrogens with zero attached hydrogens (tertiary/aromatic N) is 1. The first kappa shape index (κ1) is 6.79. The lowest BCUT2D eigenvalue weighted by atomic mass is 9.97. The van der Waals surface area contributed by atoms with Crippen molar-refractivity contribution >= 4 is 5.71 Å². The molecule has 0 saturated heterocycles. The van der Waals surface area contributed by atoms with Gasteiger partial charge in [0.05, 0.1) is 1.37 Å². The van der Waals surface area contributed by atoms with E-state index < -0.39 is 0 Å². The lowest BCUT2D eigenvalue weighted by Gasteiger charge is -2.14. The molecule has 0 spiro atoms. The third kappa shape index (κ3) is 7.67. The van der Waals surface area contributed by atoms with Crippen LogP contribution in [-0.4, -0.2) is 12.2 Å². The molecule has 54 valence electrons. The highest BCUT2D eigenvalue weighted by Crippen LogP contribution is 2.12. The summed E-state index contributed by atoms with van der Waals surface area (Å²) in [6.07, 6.45) is 0. The summed E-state index contributed by atoms with van der Waals surface area (Å²) in [6.45, 7) is 9.60. The van der Waals surface area contributed by atoms with Gasteiger partial charge in [-0.3, -0.25) is 4.99 Å². The summed E-state index contributed by atoms with van der Waals surface area (Å²) in [6, 6.07) is 0. The Kier molecular flexibility index (Phi) is 2.26. The highest BCUT2D eigenvalue weighted by Gasteiger charge is 2.07. The highest BCUT2D eigenvalue weighted by atomic mass is 14.7. The van der Waals surface area contributed by atoms with Gasteiger partial charge in [-0.05, 0) is 19.3 Å². The maximum Gasteiger partial charge on any atom is 0.0520 e. The van der Waals surface area contributed by atoms with Crippen LogP contribution < -0.4 is 0 Å². The Hall–Kier alpha value is -0.330. The molecule has 0 heterocycles. The third-order valence-corrected chi connectivity index (χ3v) is 0.710. The van der Waals surface area contributed by atoms with Crippen LogP contribution in [0.15, 0.2) is 4.99 Å². The molecule has 1 nitrogen and oxygen atoms in total. The quantitative estimate of drug-likeness (QED) is 0.481. The fraction of sp³-hybridized carbons (Fsp3) is 0.875. The van der Waals surface area contributed by atoms with Crippen LogP contribution in [0.2, 0.25) is 0 Å². The van der Waals surface area contributed by atoms with Crippen LogP contribution >= 0.6 is 0 Å². The summed E-state index contributed by atoms with van der Waals surface area (Å²) in [5.74, 6) is 0. The van der Waals surface area contributed by atoms with Crippen molar-refractivity contribution in [3.05, 3.63) is 0 Å². The van der Waals surface area contributed by atoms with Gasteiger partial charge in [-0.15, -0.1) is 0 Å². The van der Waals surface area contributed by atoms with Crippen molar-refractivity contribution in [2.45, 2.75) is 34.6 Å². The van der Waals surface area contributed by atoms with E-state index in [0.29, 0.717) is 0 Å². The zero-order chi connectivity index (χ0) is 8.36. The monoisotopic (exact) mass is 128 g/mol. The van der Waals surface area contributed by atoms with E-state index in [4.69, 9.17) is 1.37 Å². The van der Waals surface area contributed by atoms with Crippen LogP contribution in [0.4, 0.5) is 0 Å². The van der Waals surface area contributed by atoms with Crippen LogP contribution in [0.3, 0.4) is 0 Å². The predicted molar refractivity (Wildman–Crippen MR) is 43.1 cm³/mol. The molecule has 0 unspecified atom stereocenters. The Morgan fingerprint density at radius 1 is 1.44 bits per heavy atom. The number of aliphatic imine (C=N–C) groups is 1. The van der Waals surface area contributed by atoms with Gasteiger partial charge in [-0.25, -0.2) is 0 Å². The lowest BCUT2D eigenvalue weighted by molar-refractivity contribution is 0.429. The normalized spacial score (nSPS) is 16.3. The summed E-state index contributed by atoms with van der Waals surface area (Å²) in [7, 11) is 0. The Balaban J connectivity index is 4.11. The van der Waals surface area contributed by atoms with Gasteiger partial charge in [0, 0.05) is 12.2 Å². The summed E-state index contributed by atoms with van der Waals surface area (Å²) in [5, 5.41) is 0. The van der Waals surface area contributed by atoms with E-state index in [9.17, 15) is 0 Å². The van der Waals surface area contributed by atoms with Crippen molar-refractivity contribution in [1.82, 2.24) is 0 Å². The van der Waals surface area contributed by atoms with Gasteiger partial charge in [0.15, 0.2) is 0 Å². The first-order chi connectivity index (χ1) is 4.34. The average molecular weight is 128 g/mol. The standard InChI is InChI=1S/C8H17N/c1-7(2)9-6-8(3,4)5/h6H2,1-5H3/i6D/t6-/m0/s1. The molecule has 0 rings (SSSR count). The Bertz CT molecular complexity index is 129. The topological polar surface area (TPSA) is 12.4 Å². The third-order valence-electron chi connectivity index (χ3n) is 0.710. The van der Waals surface area contributed by atoms with Gasteiger partial charge < -0.3 is 0 Å². The second-order valence-corrected chi connectivity index (χ2v) is 3.57. The van der Waals surface area contributed by atoms with Crippen molar-refractivity contribution in [2.75, 3.05) is 6.52 Å². The Morgan fingerprint density at radius 2 is 1.89 bits per heavy atom. The van der Waals surface area contributed by atoms with Gasteiger partial charge in [0.25, 0.3) is 0 Å². The Morgan fingerprint density at radius 3 is 2.00 bits per heavy atom. The number of hydrogen-bond donors (Lipinski definition) is 0. The minimum absolute atomic E-state index is 0.0305. The lowest BCUT2D eigenvalue weighted by Crippen LogP contribution is -2.10. The molecule has 1 heteroatoms. The van der Waals surface area contributed by atoms with E-state index in [-0.39, 0.29) is 11.9 Å². The molecule has 0 bridgehead atoms. The Labute approximate surface area is 59.6 Å². The van der Waals surface area contributed by atoms with Crippen LogP contribution in [0, 0.1) is 5.41 Å². The van der Waals surface area contributed by atoms with E-state index >= 15 is 0 Å². The van der Waals surface area contributed by atoms with Gasteiger partial charge in [0.2, 0.25) is 0 Å². The molecule has 0 aliphatic rings. The molecule has 0 N–H and O–H groups in total. The van der Waals surface area contributed by atoms with Crippen molar-refractivity contribution in [3.8, 4) is 0 Å². The van der Waals surface area contributed by atoms with E-state index in [1.165, 1.54) is 0 Å². The van der Waals surface area contributed by atoms with Crippen molar-refractivity contribution in [2.24, 2.45) is 10.4 Å². The molecular formula is C8H17N. The predicted octanol–water partition coefficient (Wildman–Crippen LogP) is 2.51. The molecule has 9 heavy (non-hydrogen) atoms. The fourth-order valence-corrected chi connectivity index (χ4v) is 0.323. The molecule has 0 aromatic rings. The maximum absolute atomic E-state index is 7.57. The van der Waals surface area contributed by atoms with Crippen molar-refractivity contribution in [1.29, 1.82) is 0 Å². The zero-order valence-electron chi connectivity index (χ0n) is 8.02. The number of hydrogen-bond acceptors (Lipinski definition) is 1. The van der Waals surface area contributed by atoms with Gasteiger partial charge >= 0.3 is 0 Å². The maximum atomic E-state index is 7.57. The van der Waals surface area contributed by atoms with Gasteiger partial charge in [-0.1, -0.05) is 20.8 Å². The summed E-state index contributed by atoms with van der Waals surface area (Å²) < 4.78 is 7.57. The van der Waals surface area contributed by atoms with Gasteiger partial charge in [0.1, 0.15) is 0 Å². The van der Waals surface area contributed by atoms with E-state index in [1.54, 1.807) is 0 Å². The largest absolute Gasteiger partial charge is 0.294 e. The molecule has 0 amide bonds. The van der Waals surface area contributed by atoms with Crippen LogP contribution in [0.25, 0.3) is 0 Å². The van der Waals surface area contributed by atoms with Crippen molar-refractivity contribution in [3.63, 3.8) is 0 Å². The molecular weight excluding hydrogens is 110 g/mol. The first-order valence-corrected chi connectivity index (χ1v) is 3.27. The first-order valence-electron chi connectivity index (χ1n) is 3.85. The smallest absolute Gasteiger partial charge is 0.0520 e. The van der Waals surface area contributed by atoms with Crippen molar-refractivity contribution < 1.29 is 1.37 Å². The molecule has 0 saturated carbocycles. The summed E-state index contributed by atoms with van der Waals surface area (Å²) >= 11 is 0. The second kappa shape index (κ2) is 3.00. The molecule has 0 aromatic carbocycles. The van der Waals surface area contributed by atoms with Gasteiger partial charge in [-0.2, -0.15) is 0 Å². The van der Waals surface area contributed by atoms with Crippen LogP contribution in [0.1, 0.15) is 36.0 Å². The van der Waals surface area contributed by atoms with Crippen LogP contribution in [0.5, 0.6) is 0 Å². The van der Waals surface area contributed by atoms with E-state index in [0.717, 1.165) is 5.71 Å². The van der Waals surface area contributed by atoms with E-state index in [2.05, 4.69) is 4.99 Å². The fourth-order valence-electron chi connectivity index (χ4n) is 0.323. The second-order valence-electron chi connectivity index (χ2n) is 3.57. The number of rotatable bonds is 1. The van der Waals surface area contributed by atoms with E-state index in [1.807, 2.05) is 34.6 Å². The van der Waals surface area contributed by atoms with Crippen LogP contribution in [-0.2, 0) is 0 Å². The molecule has 0 aliphatic heterocycles. The average Bonchev–Trinajstić information content (AvgIpc) is 1.60. The molecule has 0 aliphatic carbocycles. The molecule has 0 aromatic heterocycles. The molecule has 0 radical (unpaired) electrons. The SMILES string of the molecule is [2H][C@H](N=C(C)C)C(C)(C)C. The highest BCUT2D eigenvalue weighted by molar-refractivity contribution is 5.79.